The highest BCUT2D eigenvalue weighted by Gasteiger charge is 2.46. The van der Waals surface area contributed by atoms with Gasteiger partial charge >= 0.3 is 12.1 Å². The first-order valence-corrected chi connectivity index (χ1v) is 6.95. The van der Waals surface area contributed by atoms with E-state index in [0.29, 0.717) is 21.4 Å². The van der Waals surface area contributed by atoms with Crippen LogP contribution in [-0.2, 0) is 16.4 Å². The fourth-order valence-electron chi connectivity index (χ4n) is 2.52. The minimum absolute atomic E-state index is 0.0365. The summed E-state index contributed by atoms with van der Waals surface area (Å²) in [5.41, 5.74) is 0.458. The Bertz CT molecular complexity index is 683. The largest absolute Gasteiger partial charge is 0.481 e. The fraction of sp³-hybridized carbons (Fsp3) is 0.357. The summed E-state index contributed by atoms with van der Waals surface area (Å²) in [5, 5.41) is 9.47. The molecule has 6 heteroatoms. The molecule has 0 spiro atoms. The van der Waals surface area contributed by atoms with Gasteiger partial charge in [-0.15, -0.1) is 11.3 Å². The van der Waals surface area contributed by atoms with Crippen molar-refractivity contribution in [2.75, 3.05) is 0 Å². The summed E-state index contributed by atoms with van der Waals surface area (Å²) in [7, 11) is 0. The monoisotopic (exact) mass is 300 g/mol. The molecule has 1 N–H and O–H groups in total. The topological polar surface area (TPSA) is 37.3 Å². The smallest absolute Gasteiger partial charge is 0.425 e. The second kappa shape index (κ2) is 4.22. The number of aliphatic carboxylic acids is 1. The molecule has 1 fully saturated rings. The quantitative estimate of drug-likeness (QED) is 0.910. The molecule has 0 aliphatic heterocycles. The summed E-state index contributed by atoms with van der Waals surface area (Å²) in [6.07, 6.45) is -2.74. The number of carbonyl (C=O) groups is 1. The van der Waals surface area contributed by atoms with Crippen LogP contribution < -0.4 is 0 Å². The van der Waals surface area contributed by atoms with E-state index in [4.69, 9.17) is 5.11 Å². The van der Waals surface area contributed by atoms with Crippen LogP contribution in [0.15, 0.2) is 24.3 Å². The van der Waals surface area contributed by atoms with Gasteiger partial charge in [0.25, 0.3) is 0 Å². The molecule has 106 valence electrons. The number of benzene rings is 1. The van der Waals surface area contributed by atoms with Gasteiger partial charge in [-0.3, -0.25) is 4.79 Å². The molecule has 0 radical (unpaired) electrons. The first-order valence-electron chi connectivity index (χ1n) is 6.13. The molecule has 20 heavy (non-hydrogen) atoms. The minimum atomic E-state index is -4.33. The molecule has 1 aliphatic rings. The molecule has 0 unspecified atom stereocenters. The summed E-state index contributed by atoms with van der Waals surface area (Å²) in [6.45, 7) is 0. The van der Waals surface area contributed by atoms with Gasteiger partial charge in [-0.1, -0.05) is 6.07 Å². The van der Waals surface area contributed by atoms with E-state index in [9.17, 15) is 18.0 Å². The van der Waals surface area contributed by atoms with Crippen molar-refractivity contribution in [2.45, 2.75) is 30.9 Å². The predicted molar refractivity (Wildman–Crippen MR) is 70.0 cm³/mol. The van der Waals surface area contributed by atoms with E-state index in [0.717, 1.165) is 24.5 Å². The van der Waals surface area contributed by atoms with Crippen LogP contribution in [0.5, 0.6) is 0 Å². The number of hydrogen-bond acceptors (Lipinski definition) is 2. The van der Waals surface area contributed by atoms with Crippen LogP contribution in [0.1, 0.15) is 29.7 Å². The number of halogens is 3. The van der Waals surface area contributed by atoms with Crippen molar-refractivity contribution in [3.05, 3.63) is 34.7 Å². The first-order chi connectivity index (χ1) is 9.30. The lowest BCUT2D eigenvalue weighted by atomic mass is 9.92. The summed E-state index contributed by atoms with van der Waals surface area (Å²) >= 11 is 0.717. The Balaban J connectivity index is 2.01. The van der Waals surface area contributed by atoms with E-state index >= 15 is 0 Å². The average molecular weight is 300 g/mol. The Morgan fingerprint density at radius 2 is 2.00 bits per heavy atom. The van der Waals surface area contributed by atoms with Crippen molar-refractivity contribution in [1.82, 2.24) is 0 Å². The third-order valence-electron chi connectivity index (χ3n) is 3.75. The molecule has 0 atom stereocenters. The molecular weight excluding hydrogens is 289 g/mol. The zero-order chi connectivity index (χ0) is 14.5. The summed E-state index contributed by atoms with van der Waals surface area (Å²) in [4.78, 5) is 10.3. The zero-order valence-corrected chi connectivity index (χ0v) is 11.1. The lowest BCUT2D eigenvalue weighted by molar-refractivity contribution is -0.137. The normalized spacial score (nSPS) is 17.4. The van der Waals surface area contributed by atoms with Crippen molar-refractivity contribution in [3.63, 3.8) is 0 Å². The van der Waals surface area contributed by atoms with E-state index in [1.807, 2.05) is 0 Å². The molecule has 1 aromatic heterocycles. The van der Waals surface area contributed by atoms with Gasteiger partial charge < -0.3 is 5.11 Å². The number of fused-ring (bicyclic) bond motifs is 1. The van der Waals surface area contributed by atoms with Crippen LogP contribution in [-0.4, -0.2) is 11.1 Å². The van der Waals surface area contributed by atoms with E-state index in [2.05, 4.69) is 0 Å². The maximum Gasteiger partial charge on any atom is 0.425 e. The SMILES string of the molecule is O=C(O)CC1(c2ccc3sc(C(F)(F)F)cc3c2)CC1. The molecule has 1 aliphatic carbocycles. The lowest BCUT2D eigenvalue weighted by Gasteiger charge is -2.12. The van der Waals surface area contributed by atoms with Gasteiger partial charge in [0.1, 0.15) is 4.88 Å². The summed E-state index contributed by atoms with van der Waals surface area (Å²) in [5.74, 6) is -0.871. The molecule has 1 heterocycles. The maximum absolute atomic E-state index is 12.7. The zero-order valence-electron chi connectivity index (χ0n) is 10.3. The minimum Gasteiger partial charge on any atom is -0.481 e. The Kier molecular flexibility index (Phi) is 2.83. The van der Waals surface area contributed by atoms with Gasteiger partial charge in [-0.25, -0.2) is 0 Å². The Hall–Kier alpha value is -1.56. The summed E-state index contributed by atoms with van der Waals surface area (Å²) in [6, 6.07) is 6.26. The standard InChI is InChI=1S/C14H11F3O2S/c15-14(16,17)11-6-8-5-9(1-2-10(8)20-11)13(3-4-13)7-12(18)19/h1-2,5-6H,3-4,7H2,(H,18,19). The molecule has 2 nitrogen and oxygen atoms in total. The number of hydrogen-bond donors (Lipinski definition) is 1. The Morgan fingerprint density at radius 1 is 1.30 bits per heavy atom. The number of carboxylic acid groups (broad SMARTS) is 1. The van der Waals surface area contributed by atoms with Crippen LogP contribution in [0.4, 0.5) is 13.2 Å². The van der Waals surface area contributed by atoms with Crippen molar-refractivity contribution in [3.8, 4) is 0 Å². The van der Waals surface area contributed by atoms with E-state index in [-0.39, 0.29) is 11.8 Å². The molecule has 1 aromatic carbocycles. The molecule has 0 bridgehead atoms. The Labute approximate surface area is 116 Å². The van der Waals surface area contributed by atoms with Gasteiger partial charge in [0.05, 0.1) is 6.42 Å². The molecule has 1 saturated carbocycles. The first kappa shape index (κ1) is 13.4. The Morgan fingerprint density at radius 3 is 2.55 bits per heavy atom. The van der Waals surface area contributed by atoms with Gasteiger partial charge in [0.15, 0.2) is 0 Å². The molecule has 0 saturated heterocycles. The van der Waals surface area contributed by atoms with E-state index in [1.165, 1.54) is 0 Å². The maximum atomic E-state index is 12.7. The molecular formula is C14H11F3O2S. The van der Waals surface area contributed by atoms with Crippen LogP contribution >= 0.6 is 11.3 Å². The van der Waals surface area contributed by atoms with Gasteiger partial charge in [0.2, 0.25) is 0 Å². The number of rotatable bonds is 3. The van der Waals surface area contributed by atoms with Crippen LogP contribution in [0, 0.1) is 0 Å². The van der Waals surface area contributed by atoms with Crippen molar-refractivity contribution in [1.29, 1.82) is 0 Å². The highest BCUT2D eigenvalue weighted by molar-refractivity contribution is 7.19. The van der Waals surface area contributed by atoms with Crippen LogP contribution in [0.3, 0.4) is 0 Å². The van der Waals surface area contributed by atoms with Gasteiger partial charge in [-0.2, -0.15) is 13.2 Å². The molecule has 0 amide bonds. The van der Waals surface area contributed by atoms with Crippen molar-refractivity contribution >= 4 is 27.4 Å². The van der Waals surface area contributed by atoms with Gasteiger partial charge in [0, 0.05) is 10.1 Å². The predicted octanol–water partition coefficient (Wildman–Crippen LogP) is 4.43. The second-order valence-electron chi connectivity index (χ2n) is 5.21. The third-order valence-corrected chi connectivity index (χ3v) is 4.91. The highest BCUT2D eigenvalue weighted by Crippen LogP contribution is 2.52. The lowest BCUT2D eigenvalue weighted by Crippen LogP contribution is -2.12. The van der Waals surface area contributed by atoms with Crippen LogP contribution in [0.25, 0.3) is 10.1 Å². The van der Waals surface area contributed by atoms with Crippen molar-refractivity contribution < 1.29 is 23.1 Å². The van der Waals surface area contributed by atoms with Crippen molar-refractivity contribution in [2.24, 2.45) is 0 Å². The van der Waals surface area contributed by atoms with Crippen LogP contribution in [0.2, 0.25) is 0 Å². The average Bonchev–Trinajstić information content (AvgIpc) is 2.97. The highest BCUT2D eigenvalue weighted by atomic mass is 32.1. The fourth-order valence-corrected chi connectivity index (χ4v) is 3.43. The number of alkyl halides is 3. The molecule has 3 rings (SSSR count). The summed E-state index contributed by atoms with van der Waals surface area (Å²) < 4.78 is 38.6. The van der Waals surface area contributed by atoms with Gasteiger partial charge in [-0.05, 0) is 42.0 Å². The van der Waals surface area contributed by atoms with E-state index in [1.54, 1.807) is 18.2 Å². The number of carboxylic acids is 1. The van der Waals surface area contributed by atoms with E-state index < -0.39 is 17.0 Å². The third kappa shape index (κ3) is 2.28. The second-order valence-corrected chi connectivity index (χ2v) is 6.30. The number of thiophene rings is 1. The molecule has 2 aromatic rings.